The Morgan fingerprint density at radius 1 is 1.00 bits per heavy atom. The molecule has 0 spiro atoms. The van der Waals surface area contributed by atoms with Gasteiger partial charge in [0.2, 0.25) is 0 Å². The SMILES string of the molecule is COc1cc(/C=N/NC(=O)c2cccc(Br)c2)cc(Br)c1OC(=O)c1ccc(C)cc1. The Hall–Kier alpha value is -2.97. The number of benzene rings is 3. The molecular weight excluding hydrogens is 528 g/mol. The van der Waals surface area contributed by atoms with Crippen molar-refractivity contribution in [3.8, 4) is 11.5 Å². The maximum atomic E-state index is 12.5. The standard InChI is InChI=1S/C23H18Br2N2O4/c1-14-6-8-16(9-7-14)23(29)31-21-19(25)10-15(11-20(21)30-2)13-26-27-22(28)17-4-3-5-18(24)12-17/h3-13H,1-2H3,(H,27,28)/b26-13+. The molecule has 3 aromatic rings. The minimum atomic E-state index is -0.498. The predicted octanol–water partition coefficient (Wildman–Crippen LogP) is 5.51. The predicted molar refractivity (Wildman–Crippen MR) is 126 cm³/mol. The summed E-state index contributed by atoms with van der Waals surface area (Å²) >= 11 is 6.73. The average Bonchev–Trinajstić information content (AvgIpc) is 2.75. The fraction of sp³-hybridized carbons (Fsp3) is 0.0870. The molecule has 0 aliphatic carbocycles. The molecule has 0 bridgehead atoms. The summed E-state index contributed by atoms with van der Waals surface area (Å²) in [7, 11) is 1.47. The van der Waals surface area contributed by atoms with Gasteiger partial charge in [0.25, 0.3) is 5.91 Å². The van der Waals surface area contributed by atoms with Crippen molar-refractivity contribution in [3.05, 3.63) is 91.9 Å². The first-order valence-electron chi connectivity index (χ1n) is 9.12. The molecular formula is C23H18Br2N2O4. The van der Waals surface area contributed by atoms with Crippen molar-refractivity contribution in [2.75, 3.05) is 7.11 Å². The minimum absolute atomic E-state index is 0.253. The smallest absolute Gasteiger partial charge is 0.343 e. The summed E-state index contributed by atoms with van der Waals surface area (Å²) in [6.45, 7) is 1.94. The lowest BCUT2D eigenvalue weighted by Crippen LogP contribution is -2.17. The van der Waals surface area contributed by atoms with Gasteiger partial charge in [-0.2, -0.15) is 5.10 Å². The molecule has 0 saturated carbocycles. The molecule has 0 saturated heterocycles. The van der Waals surface area contributed by atoms with Crippen LogP contribution >= 0.6 is 31.9 Å². The summed E-state index contributed by atoms with van der Waals surface area (Å²) in [6.07, 6.45) is 1.47. The van der Waals surface area contributed by atoms with Crippen molar-refractivity contribution >= 4 is 50.0 Å². The number of esters is 1. The number of carbonyl (C=O) groups excluding carboxylic acids is 2. The summed E-state index contributed by atoms with van der Waals surface area (Å²) in [5.74, 6) is -0.244. The van der Waals surface area contributed by atoms with Crippen LogP contribution in [-0.2, 0) is 0 Å². The molecule has 0 aliphatic heterocycles. The van der Waals surface area contributed by atoms with Gasteiger partial charge in [0.05, 0.1) is 23.4 Å². The van der Waals surface area contributed by atoms with E-state index in [4.69, 9.17) is 9.47 Å². The number of hydrogen-bond acceptors (Lipinski definition) is 5. The summed E-state index contributed by atoms with van der Waals surface area (Å²) in [5.41, 5.74) is 5.06. The molecule has 8 heteroatoms. The topological polar surface area (TPSA) is 77.0 Å². The largest absolute Gasteiger partial charge is 0.493 e. The summed E-state index contributed by atoms with van der Waals surface area (Å²) < 4.78 is 12.2. The molecule has 1 amide bonds. The van der Waals surface area contributed by atoms with Crippen LogP contribution in [-0.4, -0.2) is 25.2 Å². The van der Waals surface area contributed by atoms with Gasteiger partial charge < -0.3 is 9.47 Å². The Balaban J connectivity index is 1.74. The van der Waals surface area contributed by atoms with Crippen LogP contribution in [0.5, 0.6) is 11.5 Å². The van der Waals surface area contributed by atoms with Gasteiger partial charge in [-0.25, -0.2) is 10.2 Å². The quantitative estimate of drug-likeness (QED) is 0.192. The van der Waals surface area contributed by atoms with E-state index in [0.717, 1.165) is 10.0 Å². The third-order valence-electron chi connectivity index (χ3n) is 4.20. The van der Waals surface area contributed by atoms with Crippen LogP contribution in [0.3, 0.4) is 0 Å². The number of nitrogens with zero attached hydrogens (tertiary/aromatic N) is 1. The summed E-state index contributed by atoms with van der Waals surface area (Å²) in [4.78, 5) is 24.6. The Morgan fingerprint density at radius 2 is 1.74 bits per heavy atom. The molecule has 0 radical (unpaired) electrons. The molecule has 0 aromatic heterocycles. The maximum absolute atomic E-state index is 12.5. The second-order valence-electron chi connectivity index (χ2n) is 6.50. The van der Waals surface area contributed by atoms with E-state index in [1.807, 2.05) is 25.1 Å². The lowest BCUT2D eigenvalue weighted by molar-refractivity contribution is 0.0728. The lowest BCUT2D eigenvalue weighted by atomic mass is 10.1. The van der Waals surface area contributed by atoms with Crippen molar-refractivity contribution in [2.24, 2.45) is 5.10 Å². The van der Waals surface area contributed by atoms with Crippen LogP contribution in [0.1, 0.15) is 31.8 Å². The van der Waals surface area contributed by atoms with Gasteiger partial charge in [0.1, 0.15) is 0 Å². The molecule has 1 N–H and O–H groups in total. The van der Waals surface area contributed by atoms with Crippen molar-refractivity contribution in [1.29, 1.82) is 0 Å². The van der Waals surface area contributed by atoms with Crippen LogP contribution in [0.4, 0.5) is 0 Å². The lowest BCUT2D eigenvalue weighted by Gasteiger charge is -2.12. The first-order chi connectivity index (χ1) is 14.9. The van der Waals surface area contributed by atoms with E-state index in [2.05, 4.69) is 42.4 Å². The molecule has 3 rings (SSSR count). The van der Waals surface area contributed by atoms with Crippen LogP contribution in [0.25, 0.3) is 0 Å². The first kappa shape index (κ1) is 22.7. The molecule has 0 heterocycles. The van der Waals surface area contributed by atoms with Gasteiger partial charge in [0, 0.05) is 10.0 Å². The van der Waals surface area contributed by atoms with Gasteiger partial charge >= 0.3 is 5.97 Å². The number of methoxy groups -OCH3 is 1. The number of nitrogens with one attached hydrogen (secondary N) is 1. The number of aryl methyl sites for hydroxylation is 1. The van der Waals surface area contributed by atoms with E-state index in [-0.39, 0.29) is 11.7 Å². The molecule has 31 heavy (non-hydrogen) atoms. The first-order valence-corrected chi connectivity index (χ1v) is 10.7. The number of carbonyl (C=O) groups is 2. The van der Waals surface area contributed by atoms with Gasteiger partial charge in [0.15, 0.2) is 11.5 Å². The van der Waals surface area contributed by atoms with Gasteiger partial charge in [-0.15, -0.1) is 0 Å². The van der Waals surface area contributed by atoms with Crippen molar-refractivity contribution in [2.45, 2.75) is 6.92 Å². The van der Waals surface area contributed by atoms with Crippen LogP contribution in [0.15, 0.2) is 74.7 Å². The molecule has 0 aliphatic rings. The Labute approximate surface area is 196 Å². The fourth-order valence-electron chi connectivity index (χ4n) is 2.61. The summed E-state index contributed by atoms with van der Waals surface area (Å²) in [6, 6.07) is 17.4. The minimum Gasteiger partial charge on any atom is -0.493 e. The van der Waals surface area contributed by atoms with Gasteiger partial charge in [-0.3, -0.25) is 4.79 Å². The highest BCUT2D eigenvalue weighted by atomic mass is 79.9. The molecule has 0 fully saturated rings. The highest BCUT2D eigenvalue weighted by Crippen LogP contribution is 2.36. The number of amides is 1. The molecule has 158 valence electrons. The van der Waals surface area contributed by atoms with E-state index in [1.54, 1.807) is 42.5 Å². The van der Waals surface area contributed by atoms with E-state index < -0.39 is 5.97 Å². The van der Waals surface area contributed by atoms with E-state index in [1.165, 1.54) is 13.3 Å². The molecule has 0 atom stereocenters. The fourth-order valence-corrected chi connectivity index (χ4v) is 3.55. The Morgan fingerprint density at radius 3 is 2.42 bits per heavy atom. The van der Waals surface area contributed by atoms with E-state index >= 15 is 0 Å². The number of ether oxygens (including phenoxy) is 2. The number of hydrazone groups is 1. The zero-order valence-corrected chi connectivity index (χ0v) is 19.9. The van der Waals surface area contributed by atoms with E-state index in [9.17, 15) is 9.59 Å². The van der Waals surface area contributed by atoms with Gasteiger partial charge in [-0.1, -0.05) is 39.7 Å². The third-order valence-corrected chi connectivity index (χ3v) is 5.28. The summed E-state index contributed by atoms with van der Waals surface area (Å²) in [5, 5.41) is 3.99. The van der Waals surface area contributed by atoms with Crippen molar-refractivity contribution < 1.29 is 19.1 Å². The molecule has 6 nitrogen and oxygen atoms in total. The highest BCUT2D eigenvalue weighted by Gasteiger charge is 2.16. The maximum Gasteiger partial charge on any atom is 0.343 e. The average molecular weight is 546 g/mol. The van der Waals surface area contributed by atoms with Crippen molar-refractivity contribution in [3.63, 3.8) is 0 Å². The van der Waals surface area contributed by atoms with Crippen LogP contribution < -0.4 is 14.9 Å². The highest BCUT2D eigenvalue weighted by molar-refractivity contribution is 9.10. The second-order valence-corrected chi connectivity index (χ2v) is 8.27. The van der Waals surface area contributed by atoms with E-state index in [0.29, 0.717) is 26.9 Å². The molecule has 3 aromatic carbocycles. The van der Waals surface area contributed by atoms with Crippen molar-refractivity contribution in [1.82, 2.24) is 5.43 Å². The molecule has 0 unspecified atom stereocenters. The van der Waals surface area contributed by atoms with Gasteiger partial charge in [-0.05, 0) is 70.9 Å². The third kappa shape index (κ3) is 6.02. The number of halogens is 2. The second kappa shape index (κ2) is 10.4. The van der Waals surface area contributed by atoms with Crippen LogP contribution in [0, 0.1) is 6.92 Å². The monoisotopic (exact) mass is 544 g/mol. The zero-order valence-electron chi connectivity index (χ0n) is 16.7. The Bertz CT molecular complexity index is 1140. The number of hydrogen-bond donors (Lipinski definition) is 1. The normalized spacial score (nSPS) is 10.7. The Kier molecular flexibility index (Phi) is 7.59. The number of rotatable bonds is 6. The zero-order chi connectivity index (χ0) is 22.4. The van der Waals surface area contributed by atoms with Crippen LogP contribution in [0.2, 0.25) is 0 Å².